The molecule has 1 heterocycles. The summed E-state index contributed by atoms with van der Waals surface area (Å²) < 4.78 is 2.62. The lowest BCUT2D eigenvalue weighted by molar-refractivity contribution is 0.770. The van der Waals surface area contributed by atoms with E-state index >= 15 is 0 Å². The maximum Gasteiger partial charge on any atom is 0.0713 e. The molecule has 0 radical (unpaired) electrons. The van der Waals surface area contributed by atoms with Crippen LogP contribution in [0.4, 0.5) is 0 Å². The number of thiophene rings is 1. The fraction of sp³-hybridized carbons (Fsp3) is 0.0357. The van der Waals surface area contributed by atoms with Crippen LogP contribution in [-0.2, 0) is 5.41 Å². The van der Waals surface area contributed by atoms with E-state index in [1.165, 1.54) is 92.5 Å². The molecule has 1 atom stereocenters. The maximum atomic E-state index is 2.49. The van der Waals surface area contributed by atoms with Crippen molar-refractivity contribution in [1.82, 2.24) is 0 Å². The molecular formula is C56H38S. The average molecular weight is 743 g/mol. The Morgan fingerprint density at radius 1 is 0.316 bits per heavy atom. The summed E-state index contributed by atoms with van der Waals surface area (Å²) in [5, 5.41) is 2.61. The Morgan fingerprint density at radius 2 is 0.860 bits per heavy atom. The van der Waals surface area contributed by atoms with Crippen molar-refractivity contribution in [3.8, 4) is 33.4 Å². The Morgan fingerprint density at radius 3 is 1.47 bits per heavy atom. The second-order valence-corrected chi connectivity index (χ2v) is 16.3. The third-order valence-corrected chi connectivity index (χ3v) is 13.2. The van der Waals surface area contributed by atoms with E-state index in [0.29, 0.717) is 0 Å². The molecule has 0 bridgehead atoms. The van der Waals surface area contributed by atoms with E-state index in [4.69, 9.17) is 0 Å². The number of benzene rings is 9. The largest absolute Gasteiger partial charge is 0.135 e. The predicted octanol–water partition coefficient (Wildman–Crippen LogP) is 14.9. The summed E-state index contributed by atoms with van der Waals surface area (Å²) in [5.74, 6) is 0.0512. The van der Waals surface area contributed by atoms with Crippen molar-refractivity contribution in [3.05, 3.63) is 263 Å². The number of fused-ring (bicyclic) bond motifs is 6. The average Bonchev–Trinajstić information content (AvgIpc) is 3.81. The minimum absolute atomic E-state index is 0.0512. The Labute approximate surface area is 338 Å². The normalized spacial score (nSPS) is 13.3. The smallest absolute Gasteiger partial charge is 0.0713 e. The molecule has 11 rings (SSSR count). The van der Waals surface area contributed by atoms with Crippen LogP contribution in [0.2, 0.25) is 0 Å². The van der Waals surface area contributed by atoms with Gasteiger partial charge >= 0.3 is 0 Å². The quantitative estimate of drug-likeness (QED) is 0.143. The third-order valence-electron chi connectivity index (χ3n) is 12.1. The second kappa shape index (κ2) is 13.7. The van der Waals surface area contributed by atoms with E-state index in [-0.39, 0.29) is 5.92 Å². The Bertz CT molecular complexity index is 2950. The number of hydrogen-bond donors (Lipinski definition) is 0. The maximum absolute atomic E-state index is 2.49. The van der Waals surface area contributed by atoms with Crippen LogP contribution in [0, 0.1) is 0 Å². The van der Waals surface area contributed by atoms with Gasteiger partial charge < -0.3 is 0 Å². The lowest BCUT2D eigenvalue weighted by Gasteiger charge is -2.34. The molecule has 10 aromatic rings. The molecule has 0 amide bonds. The van der Waals surface area contributed by atoms with Crippen molar-refractivity contribution in [1.29, 1.82) is 0 Å². The monoisotopic (exact) mass is 742 g/mol. The summed E-state index contributed by atoms with van der Waals surface area (Å²) in [6.07, 6.45) is 0. The Hall–Kier alpha value is -6.80. The van der Waals surface area contributed by atoms with Gasteiger partial charge in [0, 0.05) is 26.1 Å². The number of hydrogen-bond acceptors (Lipinski definition) is 1. The van der Waals surface area contributed by atoms with E-state index < -0.39 is 5.41 Å². The highest BCUT2D eigenvalue weighted by atomic mass is 32.1. The van der Waals surface area contributed by atoms with Gasteiger partial charge in [0.15, 0.2) is 0 Å². The third kappa shape index (κ3) is 5.50. The lowest BCUT2D eigenvalue weighted by Crippen LogP contribution is -2.28. The van der Waals surface area contributed by atoms with Crippen LogP contribution in [-0.4, -0.2) is 0 Å². The first-order valence-corrected chi connectivity index (χ1v) is 20.6. The van der Waals surface area contributed by atoms with E-state index in [1.807, 2.05) is 11.3 Å². The zero-order chi connectivity index (χ0) is 37.8. The minimum atomic E-state index is -0.421. The van der Waals surface area contributed by atoms with Gasteiger partial charge in [-0.2, -0.15) is 0 Å². The SMILES string of the molecule is c1ccc(-c2cc(-c3ccccc3)cc(C(c3ccccc3)c3ccc4c(c3)sc3ccc(C5(c6ccccc6)c6ccccc6-c6ccccc65)cc34)c2)cc1. The molecule has 0 saturated carbocycles. The molecule has 268 valence electrons. The van der Waals surface area contributed by atoms with Crippen LogP contribution in [0.1, 0.15) is 44.9 Å². The van der Waals surface area contributed by atoms with Crippen LogP contribution in [0.15, 0.2) is 224 Å². The van der Waals surface area contributed by atoms with E-state index in [2.05, 4.69) is 224 Å². The van der Waals surface area contributed by atoms with Crippen molar-refractivity contribution >= 4 is 31.5 Å². The second-order valence-electron chi connectivity index (χ2n) is 15.2. The highest BCUT2D eigenvalue weighted by Gasteiger charge is 2.46. The molecule has 1 aliphatic carbocycles. The zero-order valence-corrected chi connectivity index (χ0v) is 32.2. The molecule has 1 aliphatic rings. The summed E-state index contributed by atoms with van der Waals surface area (Å²) in [4.78, 5) is 0. The molecule has 0 N–H and O–H groups in total. The molecule has 0 aliphatic heterocycles. The zero-order valence-electron chi connectivity index (χ0n) is 31.3. The predicted molar refractivity (Wildman–Crippen MR) is 241 cm³/mol. The first-order valence-electron chi connectivity index (χ1n) is 19.8. The molecule has 57 heavy (non-hydrogen) atoms. The molecule has 1 heteroatoms. The van der Waals surface area contributed by atoms with Crippen LogP contribution in [0.25, 0.3) is 53.6 Å². The lowest BCUT2D eigenvalue weighted by atomic mass is 9.67. The molecule has 0 saturated heterocycles. The van der Waals surface area contributed by atoms with Gasteiger partial charge in [-0.05, 0) is 96.6 Å². The van der Waals surface area contributed by atoms with E-state index in [0.717, 1.165) is 0 Å². The Kier molecular flexibility index (Phi) is 8.08. The van der Waals surface area contributed by atoms with Gasteiger partial charge in [-0.3, -0.25) is 0 Å². The van der Waals surface area contributed by atoms with Crippen LogP contribution in [0.3, 0.4) is 0 Å². The van der Waals surface area contributed by atoms with Gasteiger partial charge in [0.2, 0.25) is 0 Å². The molecule has 0 nitrogen and oxygen atoms in total. The van der Waals surface area contributed by atoms with Crippen molar-refractivity contribution in [2.45, 2.75) is 11.3 Å². The van der Waals surface area contributed by atoms with Gasteiger partial charge in [-0.25, -0.2) is 0 Å². The summed E-state index contributed by atoms with van der Waals surface area (Å²) in [7, 11) is 0. The van der Waals surface area contributed by atoms with Gasteiger partial charge in [0.1, 0.15) is 0 Å². The molecule has 1 unspecified atom stereocenters. The molecular weight excluding hydrogens is 705 g/mol. The van der Waals surface area contributed by atoms with Crippen molar-refractivity contribution < 1.29 is 0 Å². The van der Waals surface area contributed by atoms with Gasteiger partial charge in [-0.1, -0.05) is 200 Å². The van der Waals surface area contributed by atoms with Crippen molar-refractivity contribution in [3.63, 3.8) is 0 Å². The van der Waals surface area contributed by atoms with Crippen LogP contribution < -0.4 is 0 Å². The summed E-state index contributed by atoms with van der Waals surface area (Å²) >= 11 is 1.90. The van der Waals surface area contributed by atoms with Gasteiger partial charge in [0.25, 0.3) is 0 Å². The highest BCUT2D eigenvalue weighted by molar-refractivity contribution is 7.25. The Balaban J connectivity index is 1.10. The topological polar surface area (TPSA) is 0 Å². The minimum Gasteiger partial charge on any atom is -0.135 e. The first-order chi connectivity index (χ1) is 28.3. The molecule has 9 aromatic carbocycles. The van der Waals surface area contributed by atoms with Crippen molar-refractivity contribution in [2.75, 3.05) is 0 Å². The van der Waals surface area contributed by atoms with Crippen LogP contribution >= 0.6 is 11.3 Å². The fourth-order valence-corrected chi connectivity index (χ4v) is 10.7. The molecule has 1 aromatic heterocycles. The summed E-state index contributed by atoms with van der Waals surface area (Å²) in [6.45, 7) is 0. The van der Waals surface area contributed by atoms with E-state index in [1.54, 1.807) is 0 Å². The molecule has 0 spiro atoms. The highest BCUT2D eigenvalue weighted by Crippen LogP contribution is 2.56. The fourth-order valence-electron chi connectivity index (χ4n) is 9.55. The van der Waals surface area contributed by atoms with E-state index in [9.17, 15) is 0 Å². The molecule has 0 fully saturated rings. The number of rotatable bonds is 7. The van der Waals surface area contributed by atoms with Crippen molar-refractivity contribution in [2.24, 2.45) is 0 Å². The first kappa shape index (κ1) is 33.5. The van der Waals surface area contributed by atoms with Gasteiger partial charge in [0.05, 0.1) is 5.41 Å². The summed E-state index contributed by atoms with van der Waals surface area (Å²) in [6, 6.07) is 83.3. The summed E-state index contributed by atoms with van der Waals surface area (Å²) in [5.41, 5.74) is 16.3. The van der Waals surface area contributed by atoms with Gasteiger partial charge in [-0.15, -0.1) is 11.3 Å². The van der Waals surface area contributed by atoms with Crippen LogP contribution in [0.5, 0.6) is 0 Å². The standard InChI is InChI=1S/C56H38S/c1-5-17-38(18-6-1)42-33-43(39-19-7-2-8-20-39)35-44(34-42)55(40-21-9-3-10-22-40)41-29-31-49-50-37-46(30-32-53(50)57-54(49)36-41)56(45-23-11-4-12-24-45)51-27-15-13-25-47(51)48-26-14-16-28-52(48)56/h1-37,55H.